The minimum Gasteiger partial charge on any atom is -0.394 e. The number of nitrogens with zero attached hydrogens (tertiary/aromatic N) is 3. The molecule has 9 heteroatoms. The van der Waals surface area contributed by atoms with Crippen LogP contribution in [0.25, 0.3) is 0 Å². The summed E-state index contributed by atoms with van der Waals surface area (Å²) in [7, 11) is 0. The van der Waals surface area contributed by atoms with E-state index in [9.17, 15) is 15.0 Å². The highest BCUT2D eigenvalue weighted by molar-refractivity contribution is 5.89. The molecule has 6 unspecified atom stereocenters. The molecule has 0 aliphatic carbocycles. The third-order valence-electron chi connectivity index (χ3n) is 3.49. The lowest BCUT2D eigenvalue weighted by molar-refractivity contribution is -0.157. The molecule has 1 amide bonds. The Morgan fingerprint density at radius 1 is 1.42 bits per heavy atom. The van der Waals surface area contributed by atoms with Gasteiger partial charge in [0, 0.05) is 6.08 Å². The fraction of sp³-hybridized carbons (Fsp3) is 0.700. The molecule has 104 valence electrons. The van der Waals surface area contributed by atoms with Gasteiger partial charge in [-0.2, -0.15) is 5.11 Å². The number of carbonyl (C=O) groups is 1. The number of carbonyl (C=O) groups excluding carboxylic acids is 1. The van der Waals surface area contributed by atoms with Gasteiger partial charge in [0.05, 0.1) is 6.61 Å². The quantitative estimate of drug-likeness (QED) is 0.439. The Kier molecular flexibility index (Phi) is 2.97. The smallest absolute Gasteiger partial charge is 0.250 e. The molecular formula is C10H14N4O5. The summed E-state index contributed by atoms with van der Waals surface area (Å²) >= 11 is 0. The van der Waals surface area contributed by atoms with E-state index in [0.29, 0.717) is 0 Å². The van der Waals surface area contributed by atoms with Crippen LogP contribution in [0.5, 0.6) is 0 Å². The van der Waals surface area contributed by atoms with Crippen LogP contribution in [0.1, 0.15) is 0 Å². The van der Waals surface area contributed by atoms with Crippen molar-refractivity contribution in [3.63, 3.8) is 0 Å². The zero-order valence-electron chi connectivity index (χ0n) is 9.83. The molecule has 0 aromatic carbocycles. The average molecular weight is 270 g/mol. The zero-order valence-corrected chi connectivity index (χ0v) is 9.83. The van der Waals surface area contributed by atoms with E-state index in [1.165, 1.54) is 11.0 Å². The van der Waals surface area contributed by atoms with Gasteiger partial charge in [0.15, 0.2) is 6.23 Å². The van der Waals surface area contributed by atoms with Crippen LogP contribution in [0.15, 0.2) is 22.5 Å². The number of nitrogens with one attached hydrogen (secondary N) is 1. The standard InChI is InChI=1S/C10H14N4O5/c15-3-5-7(17)8(18)10(19-5)14-6(16)2-1-4-9(14)12-13-11-4/h1-2,4-5,7-10,15,17-18H,3H2,(H,11,12). The van der Waals surface area contributed by atoms with E-state index in [4.69, 9.17) is 9.84 Å². The number of fused-ring (bicyclic) bond motifs is 1. The minimum atomic E-state index is -1.30. The van der Waals surface area contributed by atoms with Crippen LogP contribution >= 0.6 is 0 Å². The van der Waals surface area contributed by atoms with Gasteiger partial charge in [-0.3, -0.25) is 15.1 Å². The van der Waals surface area contributed by atoms with E-state index >= 15 is 0 Å². The lowest BCUT2D eigenvalue weighted by atomic mass is 10.1. The third-order valence-corrected chi connectivity index (χ3v) is 3.49. The first-order valence-electron chi connectivity index (χ1n) is 5.92. The van der Waals surface area contributed by atoms with E-state index in [2.05, 4.69) is 15.8 Å². The minimum absolute atomic E-state index is 0.348. The summed E-state index contributed by atoms with van der Waals surface area (Å²) in [5, 5.41) is 36.3. The van der Waals surface area contributed by atoms with Gasteiger partial charge in [-0.25, -0.2) is 0 Å². The maximum Gasteiger partial charge on any atom is 0.250 e. The monoisotopic (exact) mass is 270 g/mol. The van der Waals surface area contributed by atoms with E-state index in [1.807, 2.05) is 0 Å². The Labute approximate surface area is 108 Å². The number of hydrogen-bond donors (Lipinski definition) is 4. The molecule has 4 N–H and O–H groups in total. The highest BCUT2D eigenvalue weighted by atomic mass is 16.6. The van der Waals surface area contributed by atoms with E-state index in [0.717, 1.165) is 0 Å². The first-order valence-corrected chi connectivity index (χ1v) is 5.92. The zero-order chi connectivity index (χ0) is 13.6. The van der Waals surface area contributed by atoms with Crippen molar-refractivity contribution in [2.24, 2.45) is 10.3 Å². The number of ether oxygens (including phenoxy) is 1. The van der Waals surface area contributed by atoms with Crippen molar-refractivity contribution in [2.45, 2.75) is 36.7 Å². The molecular weight excluding hydrogens is 256 g/mol. The summed E-state index contributed by atoms with van der Waals surface area (Å²) < 4.78 is 5.35. The van der Waals surface area contributed by atoms with Crippen LogP contribution in [0.3, 0.4) is 0 Å². The SMILES string of the molecule is O=C1C=CC2N=NNC2N1C1OC(CO)C(O)C1O. The predicted octanol–water partition coefficient (Wildman–Crippen LogP) is -2.51. The molecule has 3 rings (SSSR count). The van der Waals surface area contributed by atoms with Crippen molar-refractivity contribution >= 4 is 5.91 Å². The van der Waals surface area contributed by atoms with Crippen LogP contribution in [0.2, 0.25) is 0 Å². The third kappa shape index (κ3) is 1.82. The van der Waals surface area contributed by atoms with Crippen molar-refractivity contribution in [2.75, 3.05) is 6.61 Å². The van der Waals surface area contributed by atoms with Crippen LogP contribution in [0, 0.1) is 0 Å². The van der Waals surface area contributed by atoms with E-state index in [-0.39, 0.29) is 11.9 Å². The molecule has 0 radical (unpaired) electrons. The molecule has 1 saturated heterocycles. The molecule has 9 nitrogen and oxygen atoms in total. The normalized spacial score (nSPS) is 44.6. The van der Waals surface area contributed by atoms with Crippen LogP contribution in [-0.2, 0) is 9.53 Å². The number of hydrogen-bond acceptors (Lipinski definition) is 8. The topological polar surface area (TPSA) is 127 Å². The van der Waals surface area contributed by atoms with Gasteiger partial charge in [-0.15, -0.1) is 0 Å². The first-order chi connectivity index (χ1) is 9.13. The Hall–Kier alpha value is -1.55. The Morgan fingerprint density at radius 3 is 2.89 bits per heavy atom. The summed E-state index contributed by atoms with van der Waals surface area (Å²) in [4.78, 5) is 13.2. The fourth-order valence-electron chi connectivity index (χ4n) is 2.47. The van der Waals surface area contributed by atoms with Gasteiger partial charge in [0.25, 0.3) is 0 Å². The van der Waals surface area contributed by atoms with Gasteiger partial charge < -0.3 is 20.1 Å². The maximum absolute atomic E-state index is 12.0. The number of rotatable bonds is 2. The van der Waals surface area contributed by atoms with Crippen molar-refractivity contribution in [3.8, 4) is 0 Å². The second kappa shape index (κ2) is 4.53. The molecule has 0 bridgehead atoms. The van der Waals surface area contributed by atoms with Crippen molar-refractivity contribution in [3.05, 3.63) is 12.2 Å². The van der Waals surface area contributed by atoms with Crippen molar-refractivity contribution in [1.82, 2.24) is 10.3 Å². The molecule has 6 atom stereocenters. The second-order valence-electron chi connectivity index (χ2n) is 4.61. The van der Waals surface area contributed by atoms with Crippen molar-refractivity contribution < 1.29 is 24.9 Å². The average Bonchev–Trinajstić information content (AvgIpc) is 2.97. The highest BCUT2D eigenvalue weighted by Crippen LogP contribution is 2.29. The van der Waals surface area contributed by atoms with Gasteiger partial charge in [0.2, 0.25) is 5.91 Å². The lowest BCUT2D eigenvalue weighted by Crippen LogP contribution is -2.59. The van der Waals surface area contributed by atoms with Crippen LogP contribution in [0.4, 0.5) is 0 Å². The second-order valence-corrected chi connectivity index (χ2v) is 4.61. The number of aliphatic hydroxyl groups excluding tert-OH is 3. The summed E-state index contributed by atoms with van der Waals surface area (Å²) in [5.41, 5.74) is 2.66. The number of aliphatic hydroxyl groups is 3. The Morgan fingerprint density at radius 2 is 2.21 bits per heavy atom. The molecule has 3 aliphatic heterocycles. The lowest BCUT2D eigenvalue weighted by Gasteiger charge is -2.37. The highest BCUT2D eigenvalue weighted by Gasteiger charge is 2.50. The molecule has 19 heavy (non-hydrogen) atoms. The summed E-state index contributed by atoms with van der Waals surface area (Å²) in [6.07, 6.45) is -2.14. The molecule has 0 saturated carbocycles. The van der Waals surface area contributed by atoms with E-state index in [1.54, 1.807) is 6.08 Å². The predicted molar refractivity (Wildman–Crippen MR) is 59.3 cm³/mol. The fourth-order valence-corrected chi connectivity index (χ4v) is 2.47. The van der Waals surface area contributed by atoms with Crippen LogP contribution < -0.4 is 5.43 Å². The molecule has 0 aromatic heterocycles. The summed E-state index contributed by atoms with van der Waals surface area (Å²) in [5.74, 6) is -0.379. The number of amides is 1. The summed E-state index contributed by atoms with van der Waals surface area (Å²) in [6, 6.07) is -0.348. The molecule has 1 fully saturated rings. The molecule has 3 heterocycles. The van der Waals surface area contributed by atoms with Gasteiger partial charge in [0.1, 0.15) is 30.5 Å². The van der Waals surface area contributed by atoms with Crippen molar-refractivity contribution in [1.29, 1.82) is 0 Å². The van der Waals surface area contributed by atoms with E-state index < -0.39 is 37.3 Å². The molecule has 3 aliphatic rings. The Bertz CT molecular complexity index is 442. The first kappa shape index (κ1) is 12.5. The summed E-state index contributed by atoms with van der Waals surface area (Å²) in [6.45, 7) is -0.442. The van der Waals surface area contributed by atoms with Gasteiger partial charge >= 0.3 is 0 Å². The van der Waals surface area contributed by atoms with Gasteiger partial charge in [-0.05, 0) is 6.08 Å². The molecule has 0 spiro atoms. The Balaban J connectivity index is 1.85. The van der Waals surface area contributed by atoms with Gasteiger partial charge in [-0.1, -0.05) is 5.22 Å². The maximum atomic E-state index is 12.0. The largest absolute Gasteiger partial charge is 0.394 e. The molecule has 0 aromatic rings. The van der Waals surface area contributed by atoms with Crippen LogP contribution in [-0.4, -0.2) is 69.5 Å².